The van der Waals surface area contributed by atoms with Crippen LogP contribution in [0.5, 0.6) is 0 Å². The Morgan fingerprint density at radius 2 is 1.29 bits per heavy atom. The first-order chi connectivity index (χ1) is 20.8. The summed E-state index contributed by atoms with van der Waals surface area (Å²) in [5.41, 5.74) is 14.5. The lowest BCUT2D eigenvalue weighted by atomic mass is 9.77. The molecule has 0 saturated carbocycles. The monoisotopic (exact) mass is 541 g/mol. The predicted molar refractivity (Wildman–Crippen MR) is 168 cm³/mol. The Hall–Kier alpha value is -5.02. The third kappa shape index (κ3) is 3.46. The maximum Gasteiger partial charge on any atom is 0.213 e. The molecule has 200 valence electrons. The van der Waals surface area contributed by atoms with E-state index >= 15 is 0 Å². The van der Waals surface area contributed by atoms with Crippen molar-refractivity contribution >= 4 is 17.1 Å². The summed E-state index contributed by atoms with van der Waals surface area (Å²) in [5, 5.41) is 0. The molecule has 3 nitrogen and oxygen atoms in total. The third-order valence-electron chi connectivity index (χ3n) is 9.61. The van der Waals surface area contributed by atoms with Crippen molar-refractivity contribution in [2.75, 3.05) is 4.90 Å². The van der Waals surface area contributed by atoms with E-state index in [1.54, 1.807) is 0 Å². The van der Waals surface area contributed by atoms with E-state index < -0.39 is 0 Å². The second kappa shape index (κ2) is 9.25. The highest BCUT2D eigenvalue weighted by molar-refractivity contribution is 5.89. The first-order valence-electron chi connectivity index (χ1n) is 15.0. The summed E-state index contributed by atoms with van der Waals surface area (Å²) >= 11 is 0. The predicted octanol–water partition coefficient (Wildman–Crippen LogP) is 8.33. The summed E-state index contributed by atoms with van der Waals surface area (Å²) < 4.78 is 5.04. The van der Waals surface area contributed by atoms with Gasteiger partial charge in [0.1, 0.15) is 0 Å². The maximum atomic E-state index is 2.57. The number of hydrogen-bond donors (Lipinski definition) is 0. The number of benzene rings is 4. The second-order valence-corrected chi connectivity index (χ2v) is 11.7. The standard InChI is InChI=1S/C39H31N3/c1-2-10-27(11-3-1)28-18-20-29(21-19-28)42-37-16-8-12-30-32(37)26-33-36(22-25-40-23-6-4-14-34(30)40)41-24-7-5-15-35(41)31-13-9-17-38(42)39(31)33/h1-21,23-24,33,36H,22,25-26H2/q+2/t33?,36-/m1/s1. The lowest BCUT2D eigenvalue weighted by molar-refractivity contribution is -0.738. The summed E-state index contributed by atoms with van der Waals surface area (Å²) in [4.78, 5) is 2.54. The Balaban J connectivity index is 1.34. The van der Waals surface area contributed by atoms with Crippen LogP contribution in [0.1, 0.15) is 29.5 Å². The van der Waals surface area contributed by atoms with Crippen LogP contribution >= 0.6 is 0 Å². The molecule has 4 aromatic carbocycles. The first kappa shape index (κ1) is 23.7. The second-order valence-electron chi connectivity index (χ2n) is 11.7. The van der Waals surface area contributed by atoms with Crippen LogP contribution in [0.3, 0.4) is 0 Å². The van der Waals surface area contributed by atoms with Crippen LogP contribution in [0.4, 0.5) is 17.1 Å². The Labute approximate surface area is 246 Å². The minimum atomic E-state index is 0.370. The van der Waals surface area contributed by atoms with E-state index in [4.69, 9.17) is 0 Å². The summed E-state index contributed by atoms with van der Waals surface area (Å²) in [6.45, 7) is 0.991. The molecule has 3 heteroatoms. The van der Waals surface area contributed by atoms with Gasteiger partial charge in [-0.25, -0.2) is 0 Å². The van der Waals surface area contributed by atoms with E-state index in [0.29, 0.717) is 12.0 Å². The molecule has 2 aromatic heterocycles. The van der Waals surface area contributed by atoms with Crippen LogP contribution in [0.25, 0.3) is 33.6 Å². The maximum absolute atomic E-state index is 2.57. The molecule has 0 radical (unpaired) electrons. The van der Waals surface area contributed by atoms with Gasteiger partial charge in [0.2, 0.25) is 11.4 Å². The molecule has 42 heavy (non-hydrogen) atoms. The first-order valence-corrected chi connectivity index (χ1v) is 15.0. The van der Waals surface area contributed by atoms with Gasteiger partial charge in [0, 0.05) is 35.5 Å². The smallest absolute Gasteiger partial charge is 0.213 e. The largest absolute Gasteiger partial charge is 0.310 e. The van der Waals surface area contributed by atoms with Crippen molar-refractivity contribution in [3.8, 4) is 33.6 Å². The van der Waals surface area contributed by atoms with Crippen LogP contribution in [0.2, 0.25) is 0 Å². The topological polar surface area (TPSA) is 11.0 Å². The van der Waals surface area contributed by atoms with Crippen molar-refractivity contribution < 1.29 is 9.13 Å². The molecule has 2 atom stereocenters. The molecule has 3 aliphatic rings. The molecule has 0 saturated heterocycles. The molecular weight excluding hydrogens is 510 g/mol. The fraction of sp³-hybridized carbons (Fsp3) is 0.128. The minimum Gasteiger partial charge on any atom is -0.310 e. The van der Waals surface area contributed by atoms with Gasteiger partial charge < -0.3 is 4.90 Å². The molecule has 5 heterocycles. The zero-order valence-electron chi connectivity index (χ0n) is 23.4. The summed E-state index contributed by atoms with van der Waals surface area (Å²) in [6.07, 6.45) is 6.66. The number of hydrogen-bond acceptors (Lipinski definition) is 1. The summed E-state index contributed by atoms with van der Waals surface area (Å²) in [6, 6.07) is 47.4. The highest BCUT2D eigenvalue weighted by Gasteiger charge is 2.46. The molecule has 2 bridgehead atoms. The lowest BCUT2D eigenvalue weighted by Crippen LogP contribution is -2.49. The highest BCUT2D eigenvalue weighted by Crippen LogP contribution is 2.54. The summed E-state index contributed by atoms with van der Waals surface area (Å²) in [5.74, 6) is 0.375. The molecule has 6 aromatic rings. The highest BCUT2D eigenvalue weighted by atomic mass is 15.2. The van der Waals surface area contributed by atoms with Gasteiger partial charge in [-0.1, -0.05) is 54.6 Å². The number of aromatic nitrogens is 2. The molecule has 0 fully saturated rings. The zero-order valence-corrected chi connectivity index (χ0v) is 23.4. The van der Waals surface area contributed by atoms with Crippen LogP contribution in [-0.2, 0) is 13.0 Å². The number of rotatable bonds is 2. The van der Waals surface area contributed by atoms with E-state index in [9.17, 15) is 0 Å². The molecule has 3 aliphatic heterocycles. The van der Waals surface area contributed by atoms with Crippen LogP contribution in [-0.4, -0.2) is 0 Å². The zero-order chi connectivity index (χ0) is 27.6. The Kier molecular flexibility index (Phi) is 5.21. The Bertz CT molecular complexity index is 1970. The average molecular weight is 542 g/mol. The van der Waals surface area contributed by atoms with Crippen LogP contribution < -0.4 is 14.0 Å². The lowest BCUT2D eigenvalue weighted by Gasteiger charge is -2.32. The minimum absolute atomic E-state index is 0.370. The molecule has 0 N–H and O–H groups in total. The van der Waals surface area contributed by atoms with Gasteiger partial charge in [0.25, 0.3) is 0 Å². The van der Waals surface area contributed by atoms with Crippen LogP contribution in [0.15, 0.2) is 140 Å². The number of nitrogens with zero attached hydrogens (tertiary/aromatic N) is 3. The Morgan fingerprint density at radius 3 is 2.14 bits per heavy atom. The number of pyridine rings is 2. The van der Waals surface area contributed by atoms with Gasteiger partial charge in [-0.2, -0.15) is 9.13 Å². The number of aryl methyl sites for hydroxylation is 1. The SMILES string of the molecule is c1ccc(-c2ccc(N3c4cccc5c4CC4c6c(cccc63)-c3cccc[n+]3[C@@H]4CC[n+]3ccccc3-5)cc2)cc1. The molecule has 1 unspecified atom stereocenters. The molecule has 0 amide bonds. The van der Waals surface area contributed by atoms with Gasteiger partial charge in [-0.3, -0.25) is 0 Å². The van der Waals surface area contributed by atoms with Gasteiger partial charge in [0.05, 0.1) is 34.8 Å². The normalized spacial score (nSPS) is 17.7. The molecule has 9 rings (SSSR count). The van der Waals surface area contributed by atoms with Crippen molar-refractivity contribution in [3.05, 3.63) is 151 Å². The van der Waals surface area contributed by atoms with Crippen molar-refractivity contribution in [1.82, 2.24) is 0 Å². The van der Waals surface area contributed by atoms with Gasteiger partial charge in [-0.05, 0) is 71.6 Å². The van der Waals surface area contributed by atoms with E-state index in [1.807, 2.05) is 0 Å². The van der Waals surface area contributed by atoms with Crippen molar-refractivity contribution in [2.45, 2.75) is 31.3 Å². The number of anilines is 3. The van der Waals surface area contributed by atoms with E-state index in [0.717, 1.165) is 19.4 Å². The van der Waals surface area contributed by atoms with Gasteiger partial charge in [0.15, 0.2) is 25.0 Å². The average Bonchev–Trinajstić information content (AvgIpc) is 3.15. The fourth-order valence-corrected chi connectivity index (χ4v) is 7.79. The molecule has 0 aliphatic carbocycles. The quantitative estimate of drug-likeness (QED) is 0.201. The van der Waals surface area contributed by atoms with Gasteiger partial charge >= 0.3 is 0 Å². The van der Waals surface area contributed by atoms with Crippen molar-refractivity contribution in [1.29, 1.82) is 0 Å². The van der Waals surface area contributed by atoms with E-state index in [2.05, 4.69) is 154 Å². The van der Waals surface area contributed by atoms with E-state index in [-0.39, 0.29) is 0 Å². The molecule has 0 spiro atoms. The van der Waals surface area contributed by atoms with E-state index in [1.165, 1.54) is 61.8 Å². The van der Waals surface area contributed by atoms with Gasteiger partial charge in [-0.15, -0.1) is 0 Å². The van der Waals surface area contributed by atoms with Crippen molar-refractivity contribution in [3.63, 3.8) is 0 Å². The Morgan fingerprint density at radius 1 is 0.571 bits per heavy atom. The molecular formula is C39H31N3+2. The third-order valence-corrected chi connectivity index (χ3v) is 9.61. The van der Waals surface area contributed by atoms with Crippen molar-refractivity contribution in [2.24, 2.45) is 0 Å². The summed E-state index contributed by atoms with van der Waals surface area (Å²) in [7, 11) is 0. The number of fused-ring (bicyclic) bond motifs is 5. The van der Waals surface area contributed by atoms with Crippen LogP contribution in [0, 0.1) is 0 Å². The fourth-order valence-electron chi connectivity index (χ4n) is 7.79.